The predicted octanol–water partition coefficient (Wildman–Crippen LogP) is 26.6. The number of ether oxygens (including phenoxy) is 1. The summed E-state index contributed by atoms with van der Waals surface area (Å²) in [6.07, 6.45) is 1.95. The molecule has 0 aliphatic carbocycles. The van der Waals surface area contributed by atoms with Crippen LogP contribution in [-0.4, -0.2) is 16.2 Å². The van der Waals surface area contributed by atoms with Crippen LogP contribution in [0, 0.1) is 0 Å². The first-order chi connectivity index (χ1) is 47.1. The smallest absolute Gasteiger partial charge is 0.137 e. The quantitative estimate of drug-likeness (QED) is 0.137. The Labute approximate surface area is 584 Å². The highest BCUT2D eigenvalue weighted by atomic mass is 32.1. The summed E-state index contributed by atoms with van der Waals surface area (Å²) in [5.41, 5.74) is 19.0. The van der Waals surface area contributed by atoms with E-state index in [-0.39, 0.29) is 68.6 Å². The largest absolute Gasteiger partial charge is 0.457 e. The fourth-order valence-electron chi connectivity index (χ4n) is 14.1. The Morgan fingerprint density at radius 2 is 1.02 bits per heavy atom. The Morgan fingerprint density at radius 1 is 0.448 bits per heavy atom. The highest BCUT2D eigenvalue weighted by molar-refractivity contribution is 7.27. The van der Waals surface area contributed by atoms with Gasteiger partial charge < -0.3 is 14.5 Å². The molecule has 0 spiro atoms. The third-order valence-corrected chi connectivity index (χ3v) is 21.1. The Hall–Kier alpha value is -8.45. The lowest BCUT2D eigenvalue weighted by Crippen LogP contribution is -2.25. The molecule has 0 fully saturated rings. The molecule has 13 rings (SSSR count). The Kier molecular flexibility index (Phi) is 14.8. The standard InChI is InChI=1S/C90H100N4OS/c1-54(2)67-31-28-32-68(55(3)4)80(67)58-43-64(92-53-93(76-34-27-26-33-75(76)92)82-71(56-29-24-23-25-30-56)46-62(88(14,15)16)47-72(82)57-41-60(86(8,9)10)45-61(42-57)87(11,12)13)51-66(44-58)95-65-35-36-70-78(52-65)94(79-50-59(39-40-91-79)85(5,6)7)77-38-37-69-73-48-63(89(17,18)19)49-74(90(20,21)22)83(73)96-84(69)81(70)77/h23-52,54-55H,53H2,1-22H3/i23D,24D,25D,29D,30D. The van der Waals surface area contributed by atoms with Gasteiger partial charge in [0.05, 0.1) is 34.9 Å². The second-order valence-corrected chi connectivity index (χ2v) is 34.9. The van der Waals surface area contributed by atoms with Gasteiger partial charge in [-0.1, -0.05) is 243 Å². The van der Waals surface area contributed by atoms with E-state index < -0.39 is 11.5 Å². The first-order valence-electron chi connectivity index (χ1n) is 37.1. The van der Waals surface area contributed by atoms with Crippen LogP contribution >= 0.6 is 11.3 Å². The molecule has 6 heteroatoms. The maximum Gasteiger partial charge on any atom is 0.137 e. The molecule has 1 aliphatic rings. The number of aromatic nitrogens is 2. The number of fused-ring (bicyclic) bond motifs is 8. The maximum atomic E-state index is 9.75. The zero-order chi connectivity index (χ0) is 73.0. The first-order valence-corrected chi connectivity index (χ1v) is 35.4. The van der Waals surface area contributed by atoms with Gasteiger partial charge in [-0.3, -0.25) is 4.57 Å². The predicted molar refractivity (Wildman–Crippen MR) is 417 cm³/mol. The van der Waals surface area contributed by atoms with Gasteiger partial charge in [-0.15, -0.1) is 11.3 Å². The molecule has 0 unspecified atom stereocenters. The molecular formula is C90H100N4OS. The molecule has 12 aromatic rings. The summed E-state index contributed by atoms with van der Waals surface area (Å²) in [5.74, 6) is 2.59. The number of hydrogen-bond donors (Lipinski definition) is 0. The van der Waals surface area contributed by atoms with Gasteiger partial charge in [0.1, 0.15) is 24.0 Å². The highest BCUT2D eigenvalue weighted by Crippen LogP contribution is 2.55. The molecule has 9 aromatic carbocycles. The lowest BCUT2D eigenvalue weighted by Gasteiger charge is -2.32. The number of hydrogen-bond acceptors (Lipinski definition) is 5. The topological polar surface area (TPSA) is 33.5 Å². The van der Waals surface area contributed by atoms with Crippen LogP contribution in [0.2, 0.25) is 0 Å². The number of para-hydroxylation sites is 2. The third kappa shape index (κ3) is 12.1. The van der Waals surface area contributed by atoms with Crippen LogP contribution in [0.25, 0.3) is 81.2 Å². The number of nitrogens with zero attached hydrogens (tertiary/aromatic N) is 4. The minimum atomic E-state index is -0.427. The summed E-state index contributed by atoms with van der Waals surface area (Å²) in [6.45, 7) is 50.2. The van der Waals surface area contributed by atoms with Crippen LogP contribution in [0.3, 0.4) is 0 Å². The number of thiophene rings is 1. The van der Waals surface area contributed by atoms with E-state index in [0.717, 1.165) is 67.2 Å². The zero-order valence-corrected chi connectivity index (χ0v) is 61.7. The average Bonchev–Trinajstić information content (AvgIpc) is 1.59. The molecule has 5 nitrogen and oxygen atoms in total. The van der Waals surface area contributed by atoms with Gasteiger partial charge in [-0.2, -0.15) is 0 Å². The summed E-state index contributed by atoms with van der Waals surface area (Å²) in [4.78, 5) is 9.87. The van der Waals surface area contributed by atoms with Crippen molar-refractivity contribution in [3.8, 4) is 50.7 Å². The SMILES string of the molecule is [2H]c1c([2H])c([2H])c(-c2cc(C(C)(C)C)cc(-c3cc(C(C)(C)C)cc(C(C)(C)C)c3)c2N2CN(c3cc(Oc4ccc5c6c7sc8c(C(C)(C)C)cc(C(C)(C)C)cc8c7ccc6n(-c6cc(C(C)(C)C)ccn6)c5c4)cc(-c4c(C(C)C)cccc4C(C)C)c3)c3ccccc32)c([2H])c1[2H]. The van der Waals surface area contributed by atoms with Gasteiger partial charge in [-0.25, -0.2) is 4.98 Å². The normalized spacial score (nSPS) is 14.4. The van der Waals surface area contributed by atoms with Crippen LogP contribution in [0.1, 0.15) is 216 Å². The van der Waals surface area contributed by atoms with Crippen molar-refractivity contribution in [2.24, 2.45) is 0 Å². The molecule has 1 aliphatic heterocycles. The van der Waals surface area contributed by atoms with Gasteiger partial charge >= 0.3 is 0 Å². The van der Waals surface area contributed by atoms with E-state index in [1.54, 1.807) is 0 Å². The number of pyridine rings is 1. The Bertz CT molecular complexity index is 5250. The van der Waals surface area contributed by atoms with Crippen LogP contribution in [0.5, 0.6) is 11.5 Å². The lowest BCUT2D eigenvalue weighted by atomic mass is 9.77. The summed E-state index contributed by atoms with van der Waals surface area (Å²) >= 11 is 1.91. The average molecular weight is 1290 g/mol. The van der Waals surface area contributed by atoms with Crippen molar-refractivity contribution in [2.75, 3.05) is 16.5 Å². The van der Waals surface area contributed by atoms with Gasteiger partial charge in [0.15, 0.2) is 0 Å². The van der Waals surface area contributed by atoms with Crippen molar-refractivity contribution in [3.63, 3.8) is 0 Å². The molecule has 0 atom stereocenters. The highest BCUT2D eigenvalue weighted by Gasteiger charge is 2.35. The molecule has 3 aromatic heterocycles. The van der Waals surface area contributed by atoms with Crippen molar-refractivity contribution in [1.29, 1.82) is 0 Å². The maximum absolute atomic E-state index is 9.75. The van der Waals surface area contributed by atoms with Crippen molar-refractivity contribution < 1.29 is 11.6 Å². The van der Waals surface area contributed by atoms with E-state index in [1.165, 1.54) is 70.1 Å². The monoisotopic (exact) mass is 1290 g/mol. The van der Waals surface area contributed by atoms with Gasteiger partial charge in [-0.05, 0) is 184 Å². The fourth-order valence-corrected chi connectivity index (χ4v) is 15.7. The molecule has 4 heterocycles. The molecular weight excluding hydrogens is 1190 g/mol. The van der Waals surface area contributed by atoms with E-state index in [9.17, 15) is 5.48 Å². The lowest BCUT2D eigenvalue weighted by molar-refractivity contribution is 0.483. The molecule has 0 saturated carbocycles. The molecule has 492 valence electrons. The van der Waals surface area contributed by atoms with Gasteiger partial charge in [0.2, 0.25) is 0 Å². The first kappa shape index (κ1) is 60.0. The van der Waals surface area contributed by atoms with Crippen molar-refractivity contribution in [3.05, 3.63) is 227 Å². The molecule has 0 bridgehead atoms. The van der Waals surface area contributed by atoms with E-state index in [4.69, 9.17) is 11.1 Å². The number of rotatable bonds is 10. The van der Waals surface area contributed by atoms with Gasteiger partial charge in [0.25, 0.3) is 0 Å². The fraction of sp³-hybridized carbons (Fsp3) is 0.344. The van der Waals surface area contributed by atoms with Crippen molar-refractivity contribution >= 4 is 76.1 Å². The van der Waals surface area contributed by atoms with Gasteiger partial charge in [0, 0.05) is 66.1 Å². The Morgan fingerprint density at radius 3 is 1.61 bits per heavy atom. The van der Waals surface area contributed by atoms with Crippen LogP contribution in [-0.2, 0) is 32.5 Å². The second kappa shape index (κ2) is 23.7. The van der Waals surface area contributed by atoms with Crippen LogP contribution < -0.4 is 14.5 Å². The van der Waals surface area contributed by atoms with E-state index >= 15 is 0 Å². The molecule has 0 radical (unpaired) electrons. The van der Waals surface area contributed by atoms with Crippen LogP contribution in [0.15, 0.2) is 182 Å². The summed E-state index contributed by atoms with van der Waals surface area (Å²) < 4.78 is 59.2. The van der Waals surface area contributed by atoms with Crippen LogP contribution in [0.4, 0.5) is 22.7 Å². The second-order valence-electron chi connectivity index (χ2n) is 33.9. The summed E-state index contributed by atoms with van der Waals surface area (Å²) in [6, 6.07) is 52.1. The summed E-state index contributed by atoms with van der Waals surface area (Å²) in [5, 5.41) is 4.87. The van der Waals surface area contributed by atoms with E-state index in [1.807, 2.05) is 17.5 Å². The molecule has 0 saturated heterocycles. The molecule has 96 heavy (non-hydrogen) atoms. The van der Waals surface area contributed by atoms with Crippen molar-refractivity contribution in [1.82, 2.24) is 9.55 Å². The molecule has 0 amide bonds. The van der Waals surface area contributed by atoms with E-state index in [2.05, 4.69) is 312 Å². The van der Waals surface area contributed by atoms with E-state index in [0.29, 0.717) is 23.7 Å². The minimum Gasteiger partial charge on any atom is -0.457 e. The summed E-state index contributed by atoms with van der Waals surface area (Å²) in [7, 11) is 0. The number of anilines is 4. The minimum absolute atomic E-state index is 0.0409. The Balaban J connectivity index is 1.06. The zero-order valence-electron chi connectivity index (χ0n) is 65.9. The number of benzene rings is 9. The molecule has 0 N–H and O–H groups in total. The third-order valence-electron chi connectivity index (χ3n) is 19.8. The van der Waals surface area contributed by atoms with Crippen molar-refractivity contribution in [2.45, 2.75) is 197 Å².